The van der Waals surface area contributed by atoms with E-state index in [0.717, 1.165) is 0 Å². The molecule has 26 heavy (non-hydrogen) atoms. The molecule has 0 aromatic heterocycles. The predicted octanol–water partition coefficient (Wildman–Crippen LogP) is 5.36. The smallest absolute Gasteiger partial charge is 0.193 e. The van der Waals surface area contributed by atoms with Crippen LogP contribution in [-0.4, -0.2) is 57.8 Å². The minimum atomic E-state index is -0.876. The molecule has 0 N–H and O–H groups in total. The normalized spacial score (nSPS) is 13.0. The van der Waals surface area contributed by atoms with E-state index in [4.69, 9.17) is 9.26 Å². The lowest BCUT2D eigenvalue weighted by atomic mass is 10.3. The van der Waals surface area contributed by atoms with Gasteiger partial charge in [0, 0.05) is 30.1 Å². The third kappa shape index (κ3) is 9.48. The predicted molar refractivity (Wildman–Crippen MR) is 115 cm³/mol. The number of carbonyl (C=O) groups excluding carboxylic acids is 1. The number of hydrogen-bond acceptors (Lipinski definition) is 6. The summed E-state index contributed by atoms with van der Waals surface area (Å²) in [5, 5.41) is 0.171. The summed E-state index contributed by atoms with van der Waals surface area (Å²) in [4.78, 5) is 11.6. The van der Waals surface area contributed by atoms with E-state index < -0.39 is 8.45 Å². The van der Waals surface area contributed by atoms with Gasteiger partial charge in [-0.25, -0.2) is 9.34 Å². The molecule has 0 aliphatic heterocycles. The van der Waals surface area contributed by atoms with Gasteiger partial charge in [-0.15, -0.1) is 0 Å². The van der Waals surface area contributed by atoms with Crippen molar-refractivity contribution in [2.75, 3.05) is 19.2 Å². The van der Waals surface area contributed by atoms with Crippen molar-refractivity contribution in [3.05, 3.63) is 0 Å². The second kappa shape index (κ2) is 13.5. The van der Waals surface area contributed by atoms with Gasteiger partial charge in [0.25, 0.3) is 0 Å². The van der Waals surface area contributed by atoms with Crippen molar-refractivity contribution in [3.63, 3.8) is 0 Å². The van der Waals surface area contributed by atoms with Crippen LogP contribution in [0.3, 0.4) is 0 Å². The fourth-order valence-corrected chi connectivity index (χ4v) is 5.71. The number of ether oxygens (including phenoxy) is 1. The average molecular weight is 409 g/mol. The molecule has 5 nitrogen and oxygen atoms in total. The number of thioether (sulfide) groups is 1. The number of nitrogens with zero attached hydrogens (tertiary/aromatic N) is 2. The van der Waals surface area contributed by atoms with E-state index in [1.807, 2.05) is 13.8 Å². The molecular formula is C19H41N2O3PS. The summed E-state index contributed by atoms with van der Waals surface area (Å²) in [7, 11) is -0.876. The highest BCUT2D eigenvalue weighted by Crippen LogP contribution is 2.50. The Morgan fingerprint density at radius 2 is 1.23 bits per heavy atom. The molecule has 0 saturated carbocycles. The Labute approximate surface area is 167 Å². The van der Waals surface area contributed by atoms with E-state index in [-0.39, 0.29) is 11.0 Å². The minimum Gasteiger partial charge on any atom is -0.368 e. The summed E-state index contributed by atoms with van der Waals surface area (Å²) in [6.45, 7) is 22.7. The van der Waals surface area contributed by atoms with Gasteiger partial charge in [-0.05, 0) is 55.4 Å². The molecule has 7 heteroatoms. The fraction of sp³-hybridized carbons (Fsp3) is 0.947. The molecule has 0 aromatic rings. The largest absolute Gasteiger partial charge is 0.368 e. The van der Waals surface area contributed by atoms with Crippen LogP contribution in [0.2, 0.25) is 0 Å². The molecule has 0 spiro atoms. The molecule has 0 saturated heterocycles. The van der Waals surface area contributed by atoms with Crippen molar-refractivity contribution < 1.29 is 14.1 Å². The zero-order valence-electron chi connectivity index (χ0n) is 18.5. The van der Waals surface area contributed by atoms with E-state index in [1.54, 1.807) is 0 Å². The second-order valence-corrected chi connectivity index (χ2v) is 10.5. The van der Waals surface area contributed by atoms with E-state index in [9.17, 15) is 4.79 Å². The van der Waals surface area contributed by atoms with Crippen LogP contribution in [-0.2, 0) is 14.1 Å². The Balaban J connectivity index is 4.80. The maximum Gasteiger partial charge on any atom is 0.193 e. The zero-order valence-corrected chi connectivity index (χ0v) is 20.2. The summed E-state index contributed by atoms with van der Waals surface area (Å²) < 4.78 is 16.9. The molecule has 0 radical (unpaired) electrons. The molecule has 0 unspecified atom stereocenters. The molecular weight excluding hydrogens is 367 g/mol. The Hall–Kier alpha value is 0.290. The van der Waals surface area contributed by atoms with Crippen LogP contribution in [0.25, 0.3) is 0 Å². The topological polar surface area (TPSA) is 42.0 Å². The van der Waals surface area contributed by atoms with E-state index in [1.165, 1.54) is 11.8 Å². The first-order chi connectivity index (χ1) is 12.0. The van der Waals surface area contributed by atoms with Crippen LogP contribution in [0.1, 0.15) is 69.2 Å². The van der Waals surface area contributed by atoms with Gasteiger partial charge in [-0.3, -0.25) is 4.79 Å². The van der Waals surface area contributed by atoms with Gasteiger partial charge < -0.3 is 9.26 Å². The Morgan fingerprint density at radius 3 is 1.58 bits per heavy atom. The van der Waals surface area contributed by atoms with Crippen molar-refractivity contribution in [1.29, 1.82) is 0 Å². The van der Waals surface area contributed by atoms with Gasteiger partial charge in [-0.2, -0.15) is 0 Å². The van der Waals surface area contributed by atoms with Crippen LogP contribution in [0, 0.1) is 5.92 Å². The Morgan fingerprint density at radius 1 is 0.808 bits per heavy atom. The van der Waals surface area contributed by atoms with Gasteiger partial charge in [0.1, 0.15) is 0 Å². The van der Waals surface area contributed by atoms with E-state index >= 15 is 0 Å². The first-order valence-corrected chi connectivity index (χ1v) is 11.9. The van der Waals surface area contributed by atoms with Gasteiger partial charge in [0.2, 0.25) is 0 Å². The van der Waals surface area contributed by atoms with Crippen molar-refractivity contribution >= 4 is 25.3 Å². The van der Waals surface area contributed by atoms with Gasteiger partial charge in [-0.1, -0.05) is 25.6 Å². The lowest BCUT2D eigenvalue weighted by molar-refractivity contribution is -0.113. The Bertz CT molecular complexity index is 357. The van der Waals surface area contributed by atoms with Crippen LogP contribution < -0.4 is 0 Å². The molecule has 0 amide bonds. The first-order valence-electron chi connectivity index (χ1n) is 9.74. The standard InChI is InChI=1S/C19H41N2O3PS/c1-14(2)19(22)26-13-23-11-12-24-25(20(15(3)4)16(5)6)21(17(7)8)18(9)10/h14-18H,11-13H2,1-10H3. The number of carbonyl (C=O) groups is 1. The Kier molecular flexibility index (Phi) is 13.6. The van der Waals surface area contributed by atoms with E-state index in [0.29, 0.717) is 43.3 Å². The zero-order chi connectivity index (χ0) is 20.4. The highest BCUT2D eigenvalue weighted by atomic mass is 32.2. The van der Waals surface area contributed by atoms with Crippen LogP contribution >= 0.6 is 20.2 Å². The SMILES string of the molecule is CC(C)C(=O)SCOCCOP(N(C(C)C)C(C)C)N(C(C)C)C(C)C. The third-order valence-corrected chi connectivity index (χ3v) is 7.79. The van der Waals surface area contributed by atoms with Gasteiger partial charge >= 0.3 is 0 Å². The molecule has 0 aliphatic rings. The van der Waals surface area contributed by atoms with Crippen molar-refractivity contribution in [3.8, 4) is 0 Å². The molecule has 0 bridgehead atoms. The number of hydrogen-bond donors (Lipinski definition) is 0. The minimum absolute atomic E-state index is 0.0453. The molecule has 0 aromatic carbocycles. The van der Waals surface area contributed by atoms with Crippen molar-refractivity contribution in [2.45, 2.75) is 93.4 Å². The van der Waals surface area contributed by atoms with Crippen LogP contribution in [0.4, 0.5) is 0 Å². The molecule has 0 fully saturated rings. The lowest BCUT2D eigenvalue weighted by Gasteiger charge is -2.45. The summed E-state index contributed by atoms with van der Waals surface area (Å²) in [5.41, 5.74) is 0. The maximum atomic E-state index is 11.6. The van der Waals surface area contributed by atoms with Crippen LogP contribution in [0.5, 0.6) is 0 Å². The third-order valence-electron chi connectivity index (χ3n) is 3.70. The van der Waals surface area contributed by atoms with Crippen molar-refractivity contribution in [2.24, 2.45) is 5.92 Å². The maximum absolute atomic E-state index is 11.6. The fourth-order valence-electron chi connectivity index (χ4n) is 2.74. The number of rotatable bonds is 13. The summed E-state index contributed by atoms with van der Waals surface area (Å²) in [6, 6.07) is 1.62. The molecule has 156 valence electrons. The van der Waals surface area contributed by atoms with Gasteiger partial charge in [0.05, 0.1) is 19.2 Å². The summed E-state index contributed by atoms with van der Waals surface area (Å²) in [5.74, 6) is 0.443. The van der Waals surface area contributed by atoms with Crippen LogP contribution in [0.15, 0.2) is 0 Å². The highest BCUT2D eigenvalue weighted by Gasteiger charge is 2.34. The van der Waals surface area contributed by atoms with Crippen molar-refractivity contribution in [1.82, 2.24) is 9.34 Å². The summed E-state index contributed by atoms with van der Waals surface area (Å²) >= 11 is 1.24. The monoisotopic (exact) mass is 408 g/mol. The quantitative estimate of drug-likeness (QED) is 0.232. The van der Waals surface area contributed by atoms with E-state index in [2.05, 4.69) is 64.7 Å². The highest BCUT2D eigenvalue weighted by molar-refractivity contribution is 8.13. The first kappa shape index (κ1) is 26.3. The molecule has 0 atom stereocenters. The molecule has 0 rings (SSSR count). The molecule has 0 aliphatic carbocycles. The summed E-state index contributed by atoms with van der Waals surface area (Å²) in [6.07, 6.45) is 0. The second-order valence-electron chi connectivity index (χ2n) is 7.87. The van der Waals surface area contributed by atoms with Gasteiger partial charge in [0.15, 0.2) is 13.6 Å². The molecule has 0 heterocycles. The average Bonchev–Trinajstić information content (AvgIpc) is 2.48. The lowest BCUT2D eigenvalue weighted by Crippen LogP contribution is -2.43.